The summed E-state index contributed by atoms with van der Waals surface area (Å²) in [5.74, 6) is -0.454. The van der Waals surface area contributed by atoms with Crippen LogP contribution in [0.4, 0.5) is 17.1 Å². The molecule has 3 aromatic rings. The normalized spacial score (nSPS) is 11.0. The number of aryl methyl sites for hydroxylation is 2. The molecule has 0 bridgehead atoms. The number of nitrogens with one attached hydrogen (secondary N) is 2. The molecule has 0 atom stereocenters. The molecule has 0 saturated carbocycles. The molecule has 2 N–H and O–H groups in total. The van der Waals surface area contributed by atoms with Crippen LogP contribution >= 0.6 is 11.6 Å². The summed E-state index contributed by atoms with van der Waals surface area (Å²) in [4.78, 5) is 22.5. The number of benzene rings is 3. The number of nitrogens with zero attached hydrogens (tertiary/aromatic N) is 1. The predicted octanol–water partition coefficient (Wildman–Crippen LogP) is 4.68. The number of non-ortho nitro benzene ring substituents is 1. The van der Waals surface area contributed by atoms with Gasteiger partial charge in [-0.05, 0) is 49.7 Å². The van der Waals surface area contributed by atoms with E-state index in [9.17, 15) is 23.3 Å². The maximum absolute atomic E-state index is 12.6. The smallest absolute Gasteiger partial charge is 0.271 e. The number of sulfonamides is 1. The second-order valence-corrected chi connectivity index (χ2v) is 9.25. The molecule has 172 valence electrons. The largest absolute Gasteiger partial charge is 0.482 e. The van der Waals surface area contributed by atoms with Crippen molar-refractivity contribution in [1.82, 2.24) is 0 Å². The standard InChI is InChI=1S/C22H20ClN3O6S/c1-14-3-6-16(7-4-14)25-33(30,31)18-9-10-21(19(23)12-18)32-13-22(27)24-20-11-17(26(28)29)8-5-15(20)2/h3-12,25H,13H2,1-2H3,(H,24,27). The molecule has 9 nitrogen and oxygen atoms in total. The highest BCUT2D eigenvalue weighted by Gasteiger charge is 2.17. The van der Waals surface area contributed by atoms with Gasteiger partial charge in [-0.1, -0.05) is 35.4 Å². The van der Waals surface area contributed by atoms with Gasteiger partial charge in [0, 0.05) is 17.8 Å². The third kappa shape index (κ3) is 6.21. The highest BCUT2D eigenvalue weighted by atomic mass is 35.5. The number of anilines is 2. The van der Waals surface area contributed by atoms with E-state index in [4.69, 9.17) is 16.3 Å². The first kappa shape index (κ1) is 24.0. The molecule has 0 aromatic heterocycles. The van der Waals surface area contributed by atoms with Gasteiger partial charge in [0.05, 0.1) is 20.5 Å². The van der Waals surface area contributed by atoms with Gasteiger partial charge in [-0.25, -0.2) is 8.42 Å². The number of halogens is 1. The lowest BCUT2D eigenvalue weighted by atomic mass is 10.2. The summed E-state index contributed by atoms with van der Waals surface area (Å²) in [7, 11) is -3.88. The van der Waals surface area contributed by atoms with Crippen molar-refractivity contribution in [3.63, 3.8) is 0 Å². The molecule has 1 amide bonds. The number of amides is 1. The van der Waals surface area contributed by atoms with Crippen LogP contribution in [0.25, 0.3) is 0 Å². The lowest BCUT2D eigenvalue weighted by molar-refractivity contribution is -0.384. The second kappa shape index (κ2) is 9.88. The summed E-state index contributed by atoms with van der Waals surface area (Å²) in [6.45, 7) is 3.15. The zero-order valence-corrected chi connectivity index (χ0v) is 19.2. The van der Waals surface area contributed by atoms with Crippen molar-refractivity contribution in [2.45, 2.75) is 18.7 Å². The van der Waals surface area contributed by atoms with Crippen LogP contribution in [-0.2, 0) is 14.8 Å². The SMILES string of the molecule is Cc1ccc(NS(=O)(=O)c2ccc(OCC(=O)Nc3cc([N+](=O)[O-])ccc3C)c(Cl)c2)cc1. The number of rotatable bonds is 8. The molecule has 0 fully saturated rings. The molecular formula is C22H20ClN3O6S. The van der Waals surface area contributed by atoms with Crippen LogP contribution < -0.4 is 14.8 Å². The van der Waals surface area contributed by atoms with Crippen molar-refractivity contribution in [1.29, 1.82) is 0 Å². The van der Waals surface area contributed by atoms with Crippen LogP contribution in [0.1, 0.15) is 11.1 Å². The van der Waals surface area contributed by atoms with E-state index in [1.165, 1.54) is 36.4 Å². The minimum absolute atomic E-state index is 0.00103. The second-order valence-electron chi connectivity index (χ2n) is 7.16. The molecule has 0 radical (unpaired) electrons. The lowest BCUT2D eigenvalue weighted by Crippen LogP contribution is -2.21. The Labute approximate surface area is 195 Å². The first-order chi connectivity index (χ1) is 15.5. The van der Waals surface area contributed by atoms with E-state index in [0.29, 0.717) is 11.3 Å². The summed E-state index contributed by atoms with van der Waals surface area (Å²) in [5, 5.41) is 13.5. The number of nitro groups is 1. The Hall–Kier alpha value is -3.63. The molecule has 0 spiro atoms. The van der Waals surface area contributed by atoms with E-state index in [0.717, 1.165) is 5.56 Å². The number of carbonyl (C=O) groups is 1. The summed E-state index contributed by atoms with van der Waals surface area (Å²) in [6.07, 6.45) is 0. The van der Waals surface area contributed by atoms with Gasteiger partial charge in [-0.15, -0.1) is 0 Å². The van der Waals surface area contributed by atoms with E-state index in [2.05, 4.69) is 10.0 Å². The highest BCUT2D eigenvalue weighted by molar-refractivity contribution is 7.92. The number of nitro benzene ring substituents is 1. The molecule has 0 saturated heterocycles. The van der Waals surface area contributed by atoms with Crippen LogP contribution in [0.5, 0.6) is 5.75 Å². The van der Waals surface area contributed by atoms with Gasteiger partial charge in [0.15, 0.2) is 6.61 Å². The van der Waals surface area contributed by atoms with Gasteiger partial charge in [-0.3, -0.25) is 19.6 Å². The first-order valence-electron chi connectivity index (χ1n) is 9.62. The summed E-state index contributed by atoms with van der Waals surface area (Å²) < 4.78 is 33.1. The summed E-state index contributed by atoms with van der Waals surface area (Å²) in [5.41, 5.74) is 2.17. The third-order valence-electron chi connectivity index (χ3n) is 4.58. The first-order valence-corrected chi connectivity index (χ1v) is 11.5. The van der Waals surface area contributed by atoms with Gasteiger partial charge in [0.25, 0.3) is 21.6 Å². The Kier molecular flexibility index (Phi) is 7.19. The van der Waals surface area contributed by atoms with Gasteiger partial charge >= 0.3 is 0 Å². The quantitative estimate of drug-likeness (QED) is 0.349. The van der Waals surface area contributed by atoms with E-state index in [1.807, 2.05) is 6.92 Å². The molecule has 11 heteroatoms. The Morgan fingerprint density at radius 3 is 2.39 bits per heavy atom. The van der Waals surface area contributed by atoms with Gasteiger partial charge in [0.2, 0.25) is 0 Å². The van der Waals surface area contributed by atoms with Crippen molar-refractivity contribution in [3.05, 3.63) is 86.9 Å². The fraction of sp³-hybridized carbons (Fsp3) is 0.136. The van der Waals surface area contributed by atoms with E-state index < -0.39 is 27.5 Å². The predicted molar refractivity (Wildman–Crippen MR) is 125 cm³/mol. The van der Waals surface area contributed by atoms with E-state index in [1.54, 1.807) is 31.2 Å². The van der Waals surface area contributed by atoms with Crippen molar-refractivity contribution >= 4 is 44.6 Å². The van der Waals surface area contributed by atoms with E-state index in [-0.39, 0.29) is 27.0 Å². The number of hydrogen-bond donors (Lipinski definition) is 2. The van der Waals surface area contributed by atoms with Crippen molar-refractivity contribution in [2.24, 2.45) is 0 Å². The van der Waals surface area contributed by atoms with Crippen molar-refractivity contribution in [3.8, 4) is 5.75 Å². The highest BCUT2D eigenvalue weighted by Crippen LogP contribution is 2.28. The molecule has 0 aliphatic carbocycles. The molecule has 0 aliphatic rings. The van der Waals surface area contributed by atoms with Gasteiger partial charge in [-0.2, -0.15) is 0 Å². The summed E-state index contributed by atoms with van der Waals surface area (Å²) in [6, 6.07) is 14.8. The Morgan fingerprint density at radius 2 is 1.76 bits per heavy atom. The van der Waals surface area contributed by atoms with Crippen molar-refractivity contribution in [2.75, 3.05) is 16.6 Å². The zero-order chi connectivity index (χ0) is 24.2. The van der Waals surface area contributed by atoms with Crippen LogP contribution in [0, 0.1) is 24.0 Å². The van der Waals surface area contributed by atoms with Crippen molar-refractivity contribution < 1.29 is 22.9 Å². The fourth-order valence-electron chi connectivity index (χ4n) is 2.79. The molecule has 0 heterocycles. The molecule has 33 heavy (non-hydrogen) atoms. The summed E-state index contributed by atoms with van der Waals surface area (Å²) >= 11 is 6.16. The molecule has 3 aromatic carbocycles. The Morgan fingerprint density at radius 1 is 1.06 bits per heavy atom. The maximum atomic E-state index is 12.6. The monoisotopic (exact) mass is 489 g/mol. The molecule has 0 aliphatic heterocycles. The average Bonchev–Trinajstić information content (AvgIpc) is 2.75. The zero-order valence-electron chi connectivity index (χ0n) is 17.7. The van der Waals surface area contributed by atoms with Gasteiger partial charge in [0.1, 0.15) is 5.75 Å². The average molecular weight is 490 g/mol. The fourth-order valence-corrected chi connectivity index (χ4v) is 4.17. The number of hydrogen-bond acceptors (Lipinski definition) is 6. The Bertz CT molecular complexity index is 1310. The third-order valence-corrected chi connectivity index (χ3v) is 6.26. The van der Waals surface area contributed by atoms with Crippen LogP contribution in [0.2, 0.25) is 5.02 Å². The number of carbonyl (C=O) groups excluding carboxylic acids is 1. The lowest BCUT2D eigenvalue weighted by Gasteiger charge is -2.12. The van der Waals surface area contributed by atoms with E-state index >= 15 is 0 Å². The van der Waals surface area contributed by atoms with Crippen LogP contribution in [-0.4, -0.2) is 25.9 Å². The number of ether oxygens (including phenoxy) is 1. The Balaban J connectivity index is 1.66. The minimum Gasteiger partial charge on any atom is -0.482 e. The topological polar surface area (TPSA) is 128 Å². The maximum Gasteiger partial charge on any atom is 0.271 e. The van der Waals surface area contributed by atoms with Crippen LogP contribution in [0.15, 0.2) is 65.6 Å². The van der Waals surface area contributed by atoms with Gasteiger partial charge < -0.3 is 10.1 Å². The molecular weight excluding hydrogens is 470 g/mol. The minimum atomic E-state index is -3.88. The molecule has 0 unspecified atom stereocenters. The molecule has 3 rings (SSSR count). The van der Waals surface area contributed by atoms with Crippen LogP contribution in [0.3, 0.4) is 0 Å².